The van der Waals surface area contributed by atoms with Crippen LogP contribution in [0.25, 0.3) is 0 Å². The standard InChI is InChI=1S/C12H22FN/c1-7(2)12-8(3)10-6-9(13)4-5-11(10)14-12/h7-12,14H,4-6H2,1-3H3. The molecule has 2 heteroatoms. The van der Waals surface area contributed by atoms with E-state index in [4.69, 9.17) is 0 Å². The molecule has 0 aromatic carbocycles. The summed E-state index contributed by atoms with van der Waals surface area (Å²) in [6, 6.07) is 1.21. The second-order valence-electron chi connectivity index (χ2n) is 5.48. The zero-order chi connectivity index (χ0) is 10.3. The Kier molecular flexibility index (Phi) is 2.83. The highest BCUT2D eigenvalue weighted by Gasteiger charge is 2.44. The molecule has 14 heavy (non-hydrogen) atoms. The Morgan fingerprint density at radius 3 is 2.64 bits per heavy atom. The Bertz CT molecular complexity index is 204. The van der Waals surface area contributed by atoms with E-state index in [1.165, 1.54) is 0 Å². The first kappa shape index (κ1) is 10.4. The summed E-state index contributed by atoms with van der Waals surface area (Å²) in [5.74, 6) is 1.92. The van der Waals surface area contributed by atoms with E-state index in [0.717, 1.165) is 19.3 Å². The summed E-state index contributed by atoms with van der Waals surface area (Å²) in [6.07, 6.45) is 2.07. The molecule has 0 amide bonds. The van der Waals surface area contributed by atoms with Crippen LogP contribution in [0.2, 0.25) is 0 Å². The molecule has 2 aliphatic rings. The van der Waals surface area contributed by atoms with Gasteiger partial charge in [0.2, 0.25) is 0 Å². The molecule has 0 spiro atoms. The van der Waals surface area contributed by atoms with Crippen molar-refractivity contribution in [1.29, 1.82) is 0 Å². The van der Waals surface area contributed by atoms with Gasteiger partial charge in [0.15, 0.2) is 0 Å². The molecule has 1 aliphatic carbocycles. The summed E-state index contributed by atoms with van der Waals surface area (Å²) in [4.78, 5) is 0. The van der Waals surface area contributed by atoms with Crippen LogP contribution in [0.15, 0.2) is 0 Å². The van der Waals surface area contributed by atoms with Gasteiger partial charge < -0.3 is 5.32 Å². The lowest BCUT2D eigenvalue weighted by atomic mass is 9.77. The molecule has 1 saturated heterocycles. The molecule has 0 bridgehead atoms. The van der Waals surface area contributed by atoms with Crippen molar-refractivity contribution in [2.75, 3.05) is 0 Å². The average Bonchev–Trinajstić information content (AvgIpc) is 2.44. The summed E-state index contributed by atoms with van der Waals surface area (Å²) in [6.45, 7) is 6.82. The Hall–Kier alpha value is -0.110. The number of hydrogen-bond donors (Lipinski definition) is 1. The van der Waals surface area contributed by atoms with E-state index in [0.29, 0.717) is 29.8 Å². The number of hydrogen-bond acceptors (Lipinski definition) is 1. The topological polar surface area (TPSA) is 12.0 Å². The van der Waals surface area contributed by atoms with Gasteiger partial charge in [0.1, 0.15) is 6.17 Å². The third-order valence-electron chi connectivity index (χ3n) is 4.20. The Morgan fingerprint density at radius 1 is 1.29 bits per heavy atom. The zero-order valence-electron chi connectivity index (χ0n) is 9.46. The van der Waals surface area contributed by atoms with E-state index in [1.54, 1.807) is 0 Å². The minimum atomic E-state index is -0.536. The Morgan fingerprint density at radius 2 is 2.00 bits per heavy atom. The van der Waals surface area contributed by atoms with Crippen LogP contribution < -0.4 is 5.32 Å². The van der Waals surface area contributed by atoms with Crippen LogP contribution in [0.3, 0.4) is 0 Å². The van der Waals surface area contributed by atoms with E-state index in [1.807, 2.05) is 0 Å². The molecule has 82 valence electrons. The van der Waals surface area contributed by atoms with Crippen molar-refractivity contribution in [2.24, 2.45) is 17.8 Å². The second kappa shape index (κ2) is 3.80. The van der Waals surface area contributed by atoms with Gasteiger partial charge in [0.05, 0.1) is 0 Å². The maximum atomic E-state index is 13.3. The van der Waals surface area contributed by atoms with E-state index in [-0.39, 0.29) is 0 Å². The van der Waals surface area contributed by atoms with Gasteiger partial charge in [0.25, 0.3) is 0 Å². The van der Waals surface area contributed by atoms with Crippen molar-refractivity contribution in [3.63, 3.8) is 0 Å². The van der Waals surface area contributed by atoms with E-state index < -0.39 is 6.17 Å². The monoisotopic (exact) mass is 199 g/mol. The summed E-state index contributed by atoms with van der Waals surface area (Å²) >= 11 is 0. The first-order chi connectivity index (χ1) is 6.59. The lowest BCUT2D eigenvalue weighted by Crippen LogP contribution is -2.37. The SMILES string of the molecule is CC(C)C1NC2CCC(F)CC2C1C. The highest BCUT2D eigenvalue weighted by molar-refractivity contribution is 4.99. The van der Waals surface area contributed by atoms with Crippen LogP contribution in [0.5, 0.6) is 0 Å². The fraction of sp³-hybridized carbons (Fsp3) is 1.00. The molecule has 1 N–H and O–H groups in total. The first-order valence-corrected chi connectivity index (χ1v) is 5.99. The number of fused-ring (bicyclic) bond motifs is 1. The highest BCUT2D eigenvalue weighted by atomic mass is 19.1. The summed E-state index contributed by atoms with van der Waals surface area (Å²) in [5, 5.41) is 3.70. The predicted molar refractivity (Wildman–Crippen MR) is 57.0 cm³/mol. The van der Waals surface area contributed by atoms with Gasteiger partial charge in [-0.25, -0.2) is 4.39 Å². The van der Waals surface area contributed by atoms with Crippen molar-refractivity contribution in [1.82, 2.24) is 5.32 Å². The second-order valence-corrected chi connectivity index (χ2v) is 5.48. The number of halogens is 1. The normalized spacial score (nSPS) is 48.2. The third-order valence-corrected chi connectivity index (χ3v) is 4.20. The van der Waals surface area contributed by atoms with Crippen LogP contribution in [-0.2, 0) is 0 Å². The average molecular weight is 199 g/mol. The van der Waals surface area contributed by atoms with Crippen LogP contribution in [0, 0.1) is 17.8 Å². The summed E-state index contributed by atoms with van der Waals surface area (Å²) < 4.78 is 13.3. The number of nitrogens with one attached hydrogen (secondary N) is 1. The minimum Gasteiger partial charge on any atom is -0.310 e. The largest absolute Gasteiger partial charge is 0.310 e. The Labute approximate surface area is 86.5 Å². The highest BCUT2D eigenvalue weighted by Crippen LogP contribution is 2.40. The van der Waals surface area contributed by atoms with Gasteiger partial charge >= 0.3 is 0 Å². The predicted octanol–water partition coefficient (Wildman–Crippen LogP) is 2.76. The van der Waals surface area contributed by atoms with Crippen molar-refractivity contribution >= 4 is 0 Å². The van der Waals surface area contributed by atoms with Crippen LogP contribution in [-0.4, -0.2) is 18.3 Å². The maximum Gasteiger partial charge on any atom is 0.101 e. The van der Waals surface area contributed by atoms with E-state index in [9.17, 15) is 4.39 Å². The molecule has 5 unspecified atom stereocenters. The molecular formula is C12H22FN. The lowest BCUT2D eigenvalue weighted by Gasteiger charge is -2.29. The minimum absolute atomic E-state index is 0.536. The molecule has 5 atom stereocenters. The van der Waals surface area contributed by atoms with E-state index in [2.05, 4.69) is 26.1 Å². The molecule has 2 rings (SSSR count). The maximum absolute atomic E-state index is 13.3. The molecule has 0 aromatic rings. The molecule has 1 saturated carbocycles. The van der Waals surface area contributed by atoms with Gasteiger partial charge in [-0.1, -0.05) is 20.8 Å². The first-order valence-electron chi connectivity index (χ1n) is 5.99. The number of rotatable bonds is 1. The van der Waals surface area contributed by atoms with Crippen LogP contribution >= 0.6 is 0 Å². The number of alkyl halides is 1. The van der Waals surface area contributed by atoms with Crippen LogP contribution in [0.4, 0.5) is 4.39 Å². The van der Waals surface area contributed by atoms with Crippen molar-refractivity contribution < 1.29 is 4.39 Å². The van der Waals surface area contributed by atoms with Crippen molar-refractivity contribution in [3.05, 3.63) is 0 Å². The lowest BCUT2D eigenvalue weighted by molar-refractivity contribution is 0.165. The van der Waals surface area contributed by atoms with Gasteiger partial charge in [-0.3, -0.25) is 0 Å². The fourth-order valence-electron chi connectivity index (χ4n) is 3.40. The van der Waals surface area contributed by atoms with Gasteiger partial charge in [-0.2, -0.15) is 0 Å². The summed E-state index contributed by atoms with van der Waals surface area (Å²) in [7, 11) is 0. The molecule has 0 aromatic heterocycles. The van der Waals surface area contributed by atoms with Crippen LogP contribution in [0.1, 0.15) is 40.0 Å². The van der Waals surface area contributed by atoms with Crippen molar-refractivity contribution in [3.8, 4) is 0 Å². The van der Waals surface area contributed by atoms with Gasteiger partial charge in [-0.05, 0) is 37.0 Å². The van der Waals surface area contributed by atoms with E-state index >= 15 is 0 Å². The Balaban J connectivity index is 2.05. The molecule has 2 fully saturated rings. The summed E-state index contributed by atoms with van der Waals surface area (Å²) in [5.41, 5.74) is 0. The molecule has 1 heterocycles. The zero-order valence-corrected chi connectivity index (χ0v) is 9.46. The fourth-order valence-corrected chi connectivity index (χ4v) is 3.40. The molecule has 1 nitrogen and oxygen atoms in total. The van der Waals surface area contributed by atoms with Gasteiger partial charge in [-0.15, -0.1) is 0 Å². The third kappa shape index (κ3) is 1.69. The smallest absolute Gasteiger partial charge is 0.101 e. The van der Waals surface area contributed by atoms with Gasteiger partial charge in [0, 0.05) is 12.1 Å². The van der Waals surface area contributed by atoms with Crippen molar-refractivity contribution in [2.45, 2.75) is 58.3 Å². The molecular weight excluding hydrogens is 177 g/mol. The molecule has 1 aliphatic heterocycles. The molecule has 0 radical (unpaired) electrons. The quantitative estimate of drug-likeness (QED) is 0.684.